The molecule has 0 spiro atoms. The average molecular weight is 289 g/mol. The van der Waals surface area contributed by atoms with Gasteiger partial charge in [-0.25, -0.2) is 4.79 Å². The Morgan fingerprint density at radius 2 is 2.00 bits per heavy atom. The van der Waals surface area contributed by atoms with Crippen molar-refractivity contribution in [1.82, 2.24) is 0 Å². The fourth-order valence-electron chi connectivity index (χ4n) is 1.39. The van der Waals surface area contributed by atoms with E-state index in [4.69, 9.17) is 14.7 Å². The number of halogens is 3. The van der Waals surface area contributed by atoms with Crippen LogP contribution >= 0.6 is 0 Å². The van der Waals surface area contributed by atoms with Crippen LogP contribution < -0.4 is 9.47 Å². The van der Waals surface area contributed by atoms with Crippen molar-refractivity contribution in [3.8, 4) is 17.6 Å². The molecule has 0 aromatic heterocycles. The monoisotopic (exact) mass is 289 g/mol. The maximum atomic E-state index is 12.2. The third-order valence-corrected chi connectivity index (χ3v) is 2.14. The summed E-state index contributed by atoms with van der Waals surface area (Å²) in [5, 5.41) is 8.82. The lowest BCUT2D eigenvalue weighted by atomic mass is 10.1. The standard InChI is InChI=1S/C12H10F3NO4/c1-3-19-11(17)8-4-7(6-16)9(5-10(8)18-2)20-12(13,14)15/h4-5H,3H2,1-2H3. The molecule has 0 fully saturated rings. The highest BCUT2D eigenvalue weighted by atomic mass is 19.4. The Hall–Kier alpha value is -2.43. The van der Waals surface area contributed by atoms with Crippen LogP contribution in [0.1, 0.15) is 22.8 Å². The summed E-state index contributed by atoms with van der Waals surface area (Å²) in [5.74, 6) is -1.73. The first-order valence-corrected chi connectivity index (χ1v) is 5.37. The molecule has 0 aliphatic carbocycles. The topological polar surface area (TPSA) is 68.6 Å². The van der Waals surface area contributed by atoms with Crippen LogP contribution in [0.25, 0.3) is 0 Å². The molecule has 5 nitrogen and oxygen atoms in total. The van der Waals surface area contributed by atoms with E-state index in [1.807, 2.05) is 0 Å². The molecule has 0 N–H and O–H groups in total. The van der Waals surface area contributed by atoms with E-state index < -0.39 is 23.6 Å². The lowest BCUT2D eigenvalue weighted by molar-refractivity contribution is -0.274. The molecule has 108 valence electrons. The number of nitrogens with zero attached hydrogens (tertiary/aromatic N) is 1. The second kappa shape index (κ2) is 6.14. The highest BCUT2D eigenvalue weighted by Crippen LogP contribution is 2.32. The van der Waals surface area contributed by atoms with Crippen molar-refractivity contribution in [3.63, 3.8) is 0 Å². The number of methoxy groups -OCH3 is 1. The normalized spacial score (nSPS) is 10.6. The summed E-state index contributed by atoms with van der Waals surface area (Å²) in [6, 6.07) is 3.26. The molecule has 20 heavy (non-hydrogen) atoms. The van der Waals surface area contributed by atoms with Crippen LogP contribution in [0.5, 0.6) is 11.5 Å². The van der Waals surface area contributed by atoms with Gasteiger partial charge in [0.05, 0.1) is 19.3 Å². The first-order valence-electron chi connectivity index (χ1n) is 5.37. The number of alkyl halides is 3. The van der Waals surface area contributed by atoms with Gasteiger partial charge in [-0.1, -0.05) is 0 Å². The van der Waals surface area contributed by atoms with E-state index in [-0.39, 0.29) is 17.9 Å². The predicted molar refractivity (Wildman–Crippen MR) is 60.3 cm³/mol. The van der Waals surface area contributed by atoms with Crippen LogP contribution in [0.3, 0.4) is 0 Å². The number of hydrogen-bond acceptors (Lipinski definition) is 5. The van der Waals surface area contributed by atoms with E-state index in [1.54, 1.807) is 6.92 Å². The quantitative estimate of drug-likeness (QED) is 0.797. The average Bonchev–Trinajstić information content (AvgIpc) is 2.36. The first kappa shape index (κ1) is 15.6. The Labute approximate surface area is 112 Å². The van der Waals surface area contributed by atoms with E-state index in [0.717, 1.165) is 12.1 Å². The Balaban J connectivity index is 3.31. The summed E-state index contributed by atoms with van der Waals surface area (Å²) >= 11 is 0. The number of carbonyl (C=O) groups is 1. The molecule has 0 unspecified atom stereocenters. The van der Waals surface area contributed by atoms with Gasteiger partial charge >= 0.3 is 12.3 Å². The van der Waals surface area contributed by atoms with Gasteiger partial charge in [0.25, 0.3) is 0 Å². The lowest BCUT2D eigenvalue weighted by Gasteiger charge is -2.14. The highest BCUT2D eigenvalue weighted by molar-refractivity contribution is 5.93. The van der Waals surface area contributed by atoms with Crippen LogP contribution in [0.4, 0.5) is 13.2 Å². The number of hydrogen-bond donors (Lipinski definition) is 0. The molecule has 1 rings (SSSR count). The minimum Gasteiger partial charge on any atom is -0.496 e. The molecule has 0 radical (unpaired) electrons. The Morgan fingerprint density at radius 1 is 1.35 bits per heavy atom. The van der Waals surface area contributed by atoms with Gasteiger partial charge in [0.15, 0.2) is 5.75 Å². The zero-order chi connectivity index (χ0) is 15.3. The van der Waals surface area contributed by atoms with Crippen molar-refractivity contribution in [3.05, 3.63) is 23.3 Å². The summed E-state index contributed by atoms with van der Waals surface area (Å²) in [4.78, 5) is 11.6. The van der Waals surface area contributed by atoms with Crippen molar-refractivity contribution in [2.75, 3.05) is 13.7 Å². The Morgan fingerprint density at radius 3 is 2.45 bits per heavy atom. The number of esters is 1. The number of carbonyl (C=O) groups excluding carboxylic acids is 1. The van der Waals surface area contributed by atoms with Gasteiger partial charge in [-0.05, 0) is 13.0 Å². The van der Waals surface area contributed by atoms with Crippen LogP contribution in [-0.2, 0) is 4.74 Å². The maximum absolute atomic E-state index is 12.2. The highest BCUT2D eigenvalue weighted by Gasteiger charge is 2.33. The van der Waals surface area contributed by atoms with Crippen molar-refractivity contribution in [1.29, 1.82) is 5.26 Å². The SMILES string of the molecule is CCOC(=O)c1cc(C#N)c(OC(F)(F)F)cc1OC. The van der Waals surface area contributed by atoms with Crippen LogP contribution in [0.15, 0.2) is 12.1 Å². The zero-order valence-corrected chi connectivity index (χ0v) is 10.6. The predicted octanol–water partition coefficient (Wildman–Crippen LogP) is 2.64. The van der Waals surface area contributed by atoms with Gasteiger partial charge in [-0.15, -0.1) is 13.2 Å². The maximum Gasteiger partial charge on any atom is 0.573 e. The number of benzene rings is 1. The summed E-state index contributed by atoms with van der Waals surface area (Å²) < 4.78 is 49.9. The van der Waals surface area contributed by atoms with Gasteiger partial charge < -0.3 is 14.2 Å². The summed E-state index contributed by atoms with van der Waals surface area (Å²) in [7, 11) is 1.17. The lowest BCUT2D eigenvalue weighted by Crippen LogP contribution is -2.18. The second-order valence-corrected chi connectivity index (χ2v) is 3.43. The first-order chi connectivity index (χ1) is 9.32. The van der Waals surface area contributed by atoms with Crippen LogP contribution in [-0.4, -0.2) is 26.0 Å². The summed E-state index contributed by atoms with van der Waals surface area (Å²) in [6.45, 7) is 1.64. The van der Waals surface area contributed by atoms with E-state index >= 15 is 0 Å². The zero-order valence-electron chi connectivity index (χ0n) is 10.6. The Kier molecular flexibility index (Phi) is 4.80. The number of rotatable bonds is 4. The molecule has 8 heteroatoms. The molecule has 0 saturated carbocycles. The number of nitriles is 1. The molecule has 0 amide bonds. The fraction of sp³-hybridized carbons (Fsp3) is 0.333. The fourth-order valence-corrected chi connectivity index (χ4v) is 1.39. The molecule has 1 aromatic carbocycles. The molecule has 0 bridgehead atoms. The largest absolute Gasteiger partial charge is 0.573 e. The van der Waals surface area contributed by atoms with Crippen molar-refractivity contribution in [2.24, 2.45) is 0 Å². The van der Waals surface area contributed by atoms with Gasteiger partial charge in [0.2, 0.25) is 0 Å². The van der Waals surface area contributed by atoms with Gasteiger partial charge in [-0.3, -0.25) is 0 Å². The van der Waals surface area contributed by atoms with Crippen molar-refractivity contribution >= 4 is 5.97 Å². The third kappa shape index (κ3) is 3.78. The van der Waals surface area contributed by atoms with Crippen LogP contribution in [0, 0.1) is 11.3 Å². The summed E-state index contributed by atoms with van der Waals surface area (Å²) in [6.07, 6.45) is -4.96. The minimum atomic E-state index is -4.96. The second-order valence-electron chi connectivity index (χ2n) is 3.43. The summed E-state index contributed by atoms with van der Waals surface area (Å²) in [5.41, 5.74) is -0.605. The molecular formula is C12H10F3NO4. The van der Waals surface area contributed by atoms with E-state index in [0.29, 0.717) is 0 Å². The smallest absolute Gasteiger partial charge is 0.496 e. The van der Waals surface area contributed by atoms with Crippen LogP contribution in [0.2, 0.25) is 0 Å². The molecule has 0 saturated heterocycles. The number of ether oxygens (including phenoxy) is 3. The molecule has 0 atom stereocenters. The van der Waals surface area contributed by atoms with Gasteiger partial charge in [0, 0.05) is 6.07 Å². The third-order valence-electron chi connectivity index (χ3n) is 2.14. The molecular weight excluding hydrogens is 279 g/mol. The van der Waals surface area contributed by atoms with E-state index in [2.05, 4.69) is 4.74 Å². The van der Waals surface area contributed by atoms with Crippen molar-refractivity contribution in [2.45, 2.75) is 13.3 Å². The van der Waals surface area contributed by atoms with E-state index in [1.165, 1.54) is 13.2 Å². The Bertz CT molecular complexity index is 549. The minimum absolute atomic E-state index is 0.0741. The van der Waals surface area contributed by atoms with Gasteiger partial charge in [-0.2, -0.15) is 5.26 Å². The molecule has 0 heterocycles. The van der Waals surface area contributed by atoms with Crippen molar-refractivity contribution < 1.29 is 32.2 Å². The molecule has 0 aliphatic heterocycles. The van der Waals surface area contributed by atoms with E-state index in [9.17, 15) is 18.0 Å². The van der Waals surface area contributed by atoms with Gasteiger partial charge in [0.1, 0.15) is 17.4 Å². The molecule has 0 aliphatic rings. The molecule has 1 aromatic rings.